The number of alkyl halides is 3. The van der Waals surface area contributed by atoms with Gasteiger partial charge in [-0.25, -0.2) is 0 Å². The summed E-state index contributed by atoms with van der Waals surface area (Å²) in [6.45, 7) is -0.851. The van der Waals surface area contributed by atoms with Crippen molar-refractivity contribution in [2.24, 2.45) is 4.99 Å². The summed E-state index contributed by atoms with van der Waals surface area (Å²) in [6.07, 6.45) is -5.47. The van der Waals surface area contributed by atoms with Crippen molar-refractivity contribution in [2.75, 3.05) is 13.2 Å². The quantitative estimate of drug-likeness (QED) is 0.651. The second kappa shape index (κ2) is 6.30. The fourth-order valence-corrected chi connectivity index (χ4v) is 1.31. The average Bonchev–Trinajstić information content (AvgIpc) is 2.34. The van der Waals surface area contributed by atoms with Crippen molar-refractivity contribution in [3.8, 4) is 0 Å². The molecule has 0 aliphatic carbocycles. The van der Waals surface area contributed by atoms with Gasteiger partial charge in [0.2, 0.25) is 0 Å². The number of carbonyl (C=O) groups excluding carboxylic acids is 1. The van der Waals surface area contributed by atoms with Crippen LogP contribution in [0.1, 0.15) is 16.8 Å². The van der Waals surface area contributed by atoms with Crippen LogP contribution >= 0.6 is 0 Å². The molecule has 18 heavy (non-hydrogen) atoms. The number of ketones is 1. The van der Waals surface area contributed by atoms with Gasteiger partial charge in [0.05, 0.1) is 19.6 Å². The summed E-state index contributed by atoms with van der Waals surface area (Å²) >= 11 is 0. The molecule has 1 rings (SSSR count). The number of hydrogen-bond donors (Lipinski definition) is 1. The zero-order valence-electron chi connectivity index (χ0n) is 9.44. The lowest BCUT2D eigenvalue weighted by molar-refractivity contribution is -0.0604. The van der Waals surface area contributed by atoms with Gasteiger partial charge in [0, 0.05) is 5.56 Å². The topological polar surface area (TPSA) is 49.7 Å². The highest BCUT2D eigenvalue weighted by Crippen LogP contribution is 2.21. The van der Waals surface area contributed by atoms with E-state index in [9.17, 15) is 18.0 Å². The Balaban J connectivity index is 2.82. The number of hydrogen-bond acceptors (Lipinski definition) is 3. The Morgan fingerprint density at radius 3 is 2.33 bits per heavy atom. The first-order valence-corrected chi connectivity index (χ1v) is 5.24. The first-order valence-electron chi connectivity index (χ1n) is 5.24. The monoisotopic (exact) mass is 259 g/mol. The third-order valence-electron chi connectivity index (χ3n) is 2.15. The largest absolute Gasteiger partial charge is 0.429 e. The first-order chi connectivity index (χ1) is 8.45. The van der Waals surface area contributed by atoms with Crippen LogP contribution in [0.25, 0.3) is 0 Å². The van der Waals surface area contributed by atoms with Crippen molar-refractivity contribution in [3.05, 3.63) is 35.9 Å². The Kier molecular flexibility index (Phi) is 5.03. The zero-order chi connectivity index (χ0) is 13.6. The molecule has 0 radical (unpaired) electrons. The van der Waals surface area contributed by atoms with Crippen molar-refractivity contribution in [1.82, 2.24) is 0 Å². The number of carbonyl (C=O) groups is 1. The molecule has 1 N–H and O–H groups in total. The van der Waals surface area contributed by atoms with Crippen molar-refractivity contribution in [2.45, 2.75) is 12.6 Å². The van der Waals surface area contributed by atoms with Crippen molar-refractivity contribution in [1.29, 1.82) is 0 Å². The Bertz CT molecular complexity index is 427. The molecule has 0 aliphatic heterocycles. The maximum absolute atomic E-state index is 12.6. The van der Waals surface area contributed by atoms with Crippen molar-refractivity contribution < 1.29 is 23.1 Å². The molecule has 0 fully saturated rings. The number of benzene rings is 1. The molecular weight excluding hydrogens is 247 g/mol. The number of nitrogens with zero attached hydrogens (tertiary/aromatic N) is 1. The van der Waals surface area contributed by atoms with E-state index in [1.165, 1.54) is 12.1 Å². The van der Waals surface area contributed by atoms with E-state index < -0.39 is 30.7 Å². The molecule has 0 aliphatic rings. The lowest BCUT2D eigenvalue weighted by Gasteiger charge is -2.09. The molecule has 0 aromatic heterocycles. The summed E-state index contributed by atoms with van der Waals surface area (Å²) in [6, 6.07) is 7.71. The third-order valence-corrected chi connectivity index (χ3v) is 2.15. The molecule has 98 valence electrons. The lowest BCUT2D eigenvalue weighted by Crippen LogP contribution is -2.26. The zero-order valence-corrected chi connectivity index (χ0v) is 9.44. The molecule has 0 spiro atoms. The number of halogens is 3. The highest BCUT2D eigenvalue weighted by molar-refractivity contribution is 6.11. The van der Waals surface area contributed by atoms with E-state index >= 15 is 0 Å². The van der Waals surface area contributed by atoms with Crippen LogP contribution in [0.4, 0.5) is 13.2 Å². The Labute approximate surface area is 102 Å². The summed E-state index contributed by atoms with van der Waals surface area (Å²) in [7, 11) is 0. The summed E-state index contributed by atoms with van der Waals surface area (Å²) < 4.78 is 37.7. The molecule has 0 heterocycles. The van der Waals surface area contributed by atoms with Gasteiger partial charge in [-0.05, 0) is 0 Å². The van der Waals surface area contributed by atoms with E-state index in [-0.39, 0.29) is 12.1 Å². The summed E-state index contributed by atoms with van der Waals surface area (Å²) in [5, 5.41) is 8.47. The van der Waals surface area contributed by atoms with Crippen LogP contribution in [0.15, 0.2) is 35.3 Å². The van der Waals surface area contributed by atoms with Gasteiger partial charge in [-0.3, -0.25) is 9.79 Å². The second-order valence-electron chi connectivity index (χ2n) is 3.52. The minimum absolute atomic E-state index is 0.207. The minimum atomic E-state index is -4.65. The molecule has 0 bridgehead atoms. The average molecular weight is 259 g/mol. The molecule has 0 saturated heterocycles. The fourth-order valence-electron chi connectivity index (χ4n) is 1.31. The summed E-state index contributed by atoms with van der Waals surface area (Å²) in [5.74, 6) is -0.649. The highest BCUT2D eigenvalue weighted by Gasteiger charge is 2.36. The van der Waals surface area contributed by atoms with Crippen molar-refractivity contribution >= 4 is 11.5 Å². The molecule has 6 heteroatoms. The van der Waals surface area contributed by atoms with Crippen LogP contribution in [-0.2, 0) is 0 Å². The van der Waals surface area contributed by atoms with Gasteiger partial charge in [-0.2, -0.15) is 13.2 Å². The van der Waals surface area contributed by atoms with E-state index in [2.05, 4.69) is 4.99 Å². The van der Waals surface area contributed by atoms with Gasteiger partial charge in [0.25, 0.3) is 0 Å². The molecule has 3 nitrogen and oxygen atoms in total. The molecule has 0 saturated carbocycles. The molecule has 0 atom stereocenters. The van der Waals surface area contributed by atoms with E-state index in [1.54, 1.807) is 18.2 Å². The normalized spacial score (nSPS) is 12.6. The van der Waals surface area contributed by atoms with Gasteiger partial charge in [0.1, 0.15) is 5.71 Å². The van der Waals surface area contributed by atoms with E-state index in [0.29, 0.717) is 0 Å². The fraction of sp³-hybridized carbons (Fsp3) is 0.333. The van der Waals surface area contributed by atoms with Crippen molar-refractivity contribution in [3.63, 3.8) is 0 Å². The molecular formula is C12H12F3NO2. The first kappa shape index (κ1) is 14.4. The third kappa shape index (κ3) is 4.29. The molecule has 0 unspecified atom stereocenters. The van der Waals surface area contributed by atoms with Gasteiger partial charge in [-0.15, -0.1) is 0 Å². The predicted octanol–water partition coefficient (Wildman–Crippen LogP) is 2.26. The number of aliphatic hydroxyl groups is 1. The van der Waals surface area contributed by atoms with E-state index in [1.807, 2.05) is 0 Å². The molecule has 0 amide bonds. The SMILES string of the molecule is O=C(CC(=NCCO)C(F)(F)F)c1ccccc1. The number of aliphatic imine (C=N–C) groups is 1. The van der Waals surface area contributed by atoms with Gasteiger partial charge in [0.15, 0.2) is 5.78 Å². The smallest absolute Gasteiger partial charge is 0.394 e. The molecule has 1 aromatic carbocycles. The predicted molar refractivity (Wildman–Crippen MR) is 60.8 cm³/mol. The maximum Gasteiger partial charge on any atom is 0.429 e. The van der Waals surface area contributed by atoms with Crippen LogP contribution in [0.2, 0.25) is 0 Å². The highest BCUT2D eigenvalue weighted by atomic mass is 19.4. The lowest BCUT2D eigenvalue weighted by atomic mass is 10.1. The van der Waals surface area contributed by atoms with E-state index in [4.69, 9.17) is 5.11 Å². The van der Waals surface area contributed by atoms with Crippen LogP contribution in [0, 0.1) is 0 Å². The Morgan fingerprint density at radius 1 is 1.22 bits per heavy atom. The van der Waals surface area contributed by atoms with Crippen LogP contribution in [0.5, 0.6) is 0 Å². The maximum atomic E-state index is 12.6. The summed E-state index contributed by atoms with van der Waals surface area (Å²) in [5.41, 5.74) is -0.955. The Hall–Kier alpha value is -1.69. The second-order valence-corrected chi connectivity index (χ2v) is 3.52. The van der Waals surface area contributed by atoms with Gasteiger partial charge < -0.3 is 5.11 Å². The Morgan fingerprint density at radius 2 is 1.83 bits per heavy atom. The number of aliphatic hydroxyl groups excluding tert-OH is 1. The van der Waals surface area contributed by atoms with Crippen LogP contribution in [-0.4, -0.2) is 35.9 Å². The summed E-state index contributed by atoms with van der Waals surface area (Å²) in [4.78, 5) is 14.8. The van der Waals surface area contributed by atoms with Crippen LogP contribution in [0.3, 0.4) is 0 Å². The number of rotatable bonds is 5. The van der Waals surface area contributed by atoms with Gasteiger partial charge in [-0.1, -0.05) is 30.3 Å². The van der Waals surface area contributed by atoms with Crippen LogP contribution < -0.4 is 0 Å². The van der Waals surface area contributed by atoms with E-state index in [0.717, 1.165) is 0 Å². The standard InChI is InChI=1S/C12H12F3NO2/c13-12(14,15)11(16-6-7-17)8-10(18)9-4-2-1-3-5-9/h1-5,17H,6-8H2. The van der Waals surface area contributed by atoms with Gasteiger partial charge >= 0.3 is 6.18 Å². The minimum Gasteiger partial charge on any atom is -0.394 e. The number of Topliss-reactive ketones (excluding diaryl/α,β-unsaturated/α-hetero) is 1. The molecule has 1 aromatic rings.